The molecule has 0 aromatic heterocycles. The van der Waals surface area contributed by atoms with Crippen LogP contribution in [0, 0.1) is 6.92 Å². The van der Waals surface area contributed by atoms with Gasteiger partial charge in [-0.25, -0.2) is 0 Å². The van der Waals surface area contributed by atoms with Crippen LogP contribution in [0.4, 0.5) is 11.4 Å². The summed E-state index contributed by atoms with van der Waals surface area (Å²) in [7, 11) is 0. The van der Waals surface area contributed by atoms with Crippen molar-refractivity contribution >= 4 is 34.8 Å². The molecule has 4 nitrogen and oxygen atoms in total. The molecule has 0 unspecified atom stereocenters. The molecule has 5 heteroatoms. The molecule has 3 aromatic rings. The maximum Gasteiger partial charge on any atom is 0.257 e. The molecule has 0 aliphatic carbocycles. The van der Waals surface area contributed by atoms with Gasteiger partial charge in [0.05, 0.1) is 22.0 Å². The average Bonchev–Trinajstić information content (AvgIpc) is 2.64. The minimum Gasteiger partial charge on any atom is -0.321 e. The summed E-state index contributed by atoms with van der Waals surface area (Å²) in [6.45, 7) is 1.87. The lowest BCUT2D eigenvalue weighted by molar-refractivity contribution is 0.102. The van der Waals surface area contributed by atoms with Gasteiger partial charge in [-0.3, -0.25) is 9.59 Å². The first-order valence-corrected chi connectivity index (χ1v) is 8.46. The second-order valence-electron chi connectivity index (χ2n) is 5.75. The Morgan fingerprint density at radius 2 is 1.19 bits per heavy atom. The molecular formula is C21H17ClN2O2. The number of aryl methyl sites for hydroxylation is 1. The number of hydrogen-bond donors (Lipinski definition) is 2. The molecule has 0 bridgehead atoms. The van der Waals surface area contributed by atoms with Gasteiger partial charge in [0.1, 0.15) is 0 Å². The zero-order valence-corrected chi connectivity index (χ0v) is 14.9. The van der Waals surface area contributed by atoms with Crippen LogP contribution in [0.1, 0.15) is 26.3 Å². The van der Waals surface area contributed by atoms with Crippen LogP contribution in [0.15, 0.2) is 72.8 Å². The number of amides is 2. The summed E-state index contributed by atoms with van der Waals surface area (Å²) in [5.74, 6) is -0.611. The number of anilines is 2. The van der Waals surface area contributed by atoms with Gasteiger partial charge in [-0.05, 0) is 42.8 Å². The number of nitrogens with one attached hydrogen (secondary N) is 2. The molecule has 0 aliphatic rings. The molecule has 2 N–H and O–H groups in total. The lowest BCUT2D eigenvalue weighted by Crippen LogP contribution is -2.19. The predicted molar refractivity (Wildman–Crippen MR) is 105 cm³/mol. The Labute approximate surface area is 156 Å². The second kappa shape index (κ2) is 7.85. The SMILES string of the molecule is Cc1ccccc1C(=O)Nc1ccccc1C(=O)Nc1ccccc1Cl. The van der Waals surface area contributed by atoms with Crippen molar-refractivity contribution in [3.05, 3.63) is 94.5 Å². The molecule has 26 heavy (non-hydrogen) atoms. The molecule has 2 amide bonds. The van der Waals surface area contributed by atoms with Gasteiger partial charge in [-0.15, -0.1) is 0 Å². The van der Waals surface area contributed by atoms with Gasteiger partial charge in [0.25, 0.3) is 11.8 Å². The number of benzene rings is 3. The molecule has 0 aliphatic heterocycles. The number of carbonyl (C=O) groups excluding carboxylic acids is 2. The highest BCUT2D eigenvalue weighted by Crippen LogP contribution is 2.23. The Morgan fingerprint density at radius 3 is 1.88 bits per heavy atom. The summed E-state index contributed by atoms with van der Waals surface area (Å²) in [5, 5.41) is 6.03. The van der Waals surface area contributed by atoms with Crippen LogP contribution in [0.25, 0.3) is 0 Å². The third-order valence-electron chi connectivity index (χ3n) is 3.93. The molecule has 0 spiro atoms. The topological polar surface area (TPSA) is 58.2 Å². The van der Waals surface area contributed by atoms with Crippen LogP contribution in [0.2, 0.25) is 5.02 Å². The molecule has 0 saturated heterocycles. The highest BCUT2D eigenvalue weighted by Gasteiger charge is 2.15. The van der Waals surface area contributed by atoms with Gasteiger partial charge in [0.15, 0.2) is 0 Å². The molecule has 130 valence electrons. The first-order chi connectivity index (χ1) is 12.6. The predicted octanol–water partition coefficient (Wildman–Crippen LogP) is 5.15. The van der Waals surface area contributed by atoms with E-state index in [1.54, 1.807) is 60.7 Å². The van der Waals surface area contributed by atoms with Crippen molar-refractivity contribution in [2.75, 3.05) is 10.6 Å². The lowest BCUT2D eigenvalue weighted by Gasteiger charge is -2.13. The van der Waals surface area contributed by atoms with Gasteiger partial charge in [0.2, 0.25) is 0 Å². The second-order valence-corrected chi connectivity index (χ2v) is 6.16. The maximum absolute atomic E-state index is 12.7. The Bertz CT molecular complexity index is 969. The van der Waals surface area contributed by atoms with Crippen molar-refractivity contribution in [3.8, 4) is 0 Å². The maximum atomic E-state index is 12.7. The normalized spacial score (nSPS) is 10.2. The molecule has 3 rings (SSSR count). The summed E-state index contributed by atoms with van der Waals surface area (Å²) in [5.41, 5.74) is 2.73. The molecule has 3 aromatic carbocycles. The van der Waals surface area contributed by atoms with E-state index in [0.29, 0.717) is 27.5 Å². The van der Waals surface area contributed by atoms with E-state index < -0.39 is 0 Å². The van der Waals surface area contributed by atoms with E-state index in [1.165, 1.54) is 0 Å². The highest BCUT2D eigenvalue weighted by molar-refractivity contribution is 6.34. The standard InChI is InChI=1S/C21H17ClN2O2/c1-14-8-2-3-9-15(14)20(25)23-18-12-6-4-10-16(18)21(26)24-19-13-7-5-11-17(19)22/h2-13H,1H3,(H,23,25)(H,24,26). The van der Waals surface area contributed by atoms with E-state index in [9.17, 15) is 9.59 Å². The van der Waals surface area contributed by atoms with Crippen LogP contribution in [0.5, 0.6) is 0 Å². The Hall–Kier alpha value is -3.11. The minimum atomic E-state index is -0.348. The number of halogens is 1. The molecule has 0 radical (unpaired) electrons. The molecule has 0 atom stereocenters. The van der Waals surface area contributed by atoms with Crippen molar-refractivity contribution in [1.29, 1.82) is 0 Å². The number of hydrogen-bond acceptors (Lipinski definition) is 2. The summed E-state index contributed by atoms with van der Waals surface area (Å²) in [4.78, 5) is 25.2. The van der Waals surface area contributed by atoms with E-state index in [0.717, 1.165) is 5.56 Å². The summed E-state index contributed by atoms with van der Waals surface area (Å²) >= 11 is 6.09. The van der Waals surface area contributed by atoms with Crippen molar-refractivity contribution in [2.24, 2.45) is 0 Å². The molecular weight excluding hydrogens is 348 g/mol. The number of rotatable bonds is 4. The molecule has 0 heterocycles. The van der Waals surface area contributed by atoms with Gasteiger partial charge >= 0.3 is 0 Å². The Balaban J connectivity index is 1.84. The van der Waals surface area contributed by atoms with E-state index >= 15 is 0 Å². The zero-order valence-electron chi connectivity index (χ0n) is 14.1. The lowest BCUT2D eigenvalue weighted by atomic mass is 10.1. The van der Waals surface area contributed by atoms with Crippen molar-refractivity contribution < 1.29 is 9.59 Å². The van der Waals surface area contributed by atoms with Gasteiger partial charge in [-0.1, -0.05) is 54.1 Å². The van der Waals surface area contributed by atoms with Crippen LogP contribution in [-0.2, 0) is 0 Å². The number of para-hydroxylation sites is 2. The summed E-state index contributed by atoms with van der Waals surface area (Å²) in [6.07, 6.45) is 0. The first kappa shape index (κ1) is 17.7. The van der Waals surface area contributed by atoms with Gasteiger partial charge < -0.3 is 10.6 Å². The Kier molecular flexibility index (Phi) is 5.34. The van der Waals surface area contributed by atoms with Crippen LogP contribution >= 0.6 is 11.6 Å². The minimum absolute atomic E-state index is 0.263. The van der Waals surface area contributed by atoms with Crippen molar-refractivity contribution in [1.82, 2.24) is 0 Å². The van der Waals surface area contributed by atoms with Crippen LogP contribution < -0.4 is 10.6 Å². The van der Waals surface area contributed by atoms with Gasteiger partial charge in [0, 0.05) is 5.56 Å². The fourth-order valence-corrected chi connectivity index (χ4v) is 2.74. The highest BCUT2D eigenvalue weighted by atomic mass is 35.5. The summed E-state index contributed by atoms with van der Waals surface area (Å²) < 4.78 is 0. The largest absolute Gasteiger partial charge is 0.321 e. The van der Waals surface area contributed by atoms with Gasteiger partial charge in [-0.2, -0.15) is 0 Å². The van der Waals surface area contributed by atoms with Crippen molar-refractivity contribution in [3.63, 3.8) is 0 Å². The third kappa shape index (κ3) is 3.92. The fraction of sp³-hybridized carbons (Fsp3) is 0.0476. The zero-order chi connectivity index (χ0) is 18.5. The molecule has 0 fully saturated rings. The first-order valence-electron chi connectivity index (χ1n) is 8.08. The van der Waals surface area contributed by atoms with Crippen LogP contribution in [0.3, 0.4) is 0 Å². The van der Waals surface area contributed by atoms with Crippen molar-refractivity contribution in [2.45, 2.75) is 6.92 Å². The third-order valence-corrected chi connectivity index (χ3v) is 4.26. The van der Waals surface area contributed by atoms with E-state index in [2.05, 4.69) is 10.6 Å². The number of carbonyl (C=O) groups is 2. The average molecular weight is 365 g/mol. The quantitative estimate of drug-likeness (QED) is 0.672. The van der Waals surface area contributed by atoms with E-state index in [4.69, 9.17) is 11.6 Å². The Morgan fingerprint density at radius 1 is 0.692 bits per heavy atom. The van der Waals surface area contributed by atoms with Crippen LogP contribution in [-0.4, -0.2) is 11.8 Å². The smallest absolute Gasteiger partial charge is 0.257 e. The fourth-order valence-electron chi connectivity index (χ4n) is 2.56. The summed E-state index contributed by atoms with van der Waals surface area (Å²) in [6, 6.07) is 21.1. The molecule has 0 saturated carbocycles. The van der Waals surface area contributed by atoms with E-state index in [1.807, 2.05) is 19.1 Å². The monoisotopic (exact) mass is 364 g/mol. The van der Waals surface area contributed by atoms with E-state index in [-0.39, 0.29) is 11.8 Å².